The Morgan fingerprint density at radius 3 is 2.78 bits per heavy atom. The molecule has 1 aromatic carbocycles. The summed E-state index contributed by atoms with van der Waals surface area (Å²) in [5, 5.41) is 11.5. The molecule has 142 valence electrons. The van der Waals surface area contributed by atoms with E-state index in [4.69, 9.17) is 0 Å². The Hall–Kier alpha value is -2.96. The predicted octanol–water partition coefficient (Wildman–Crippen LogP) is 3.10. The van der Waals surface area contributed by atoms with E-state index < -0.39 is 0 Å². The standard InChI is InChI=1S/C20H26N6O/c1-16(26-15-21-14-22-26)20(27)25(2)12-8-4-7-11-18-13-19(24-23-18)17-9-5-3-6-10-17/h3,5-6,9-10,13-16H,4,7-8,11-12H2,1-2H3,(H,23,24). The quantitative estimate of drug-likeness (QED) is 0.590. The molecule has 0 aliphatic heterocycles. The summed E-state index contributed by atoms with van der Waals surface area (Å²) in [4.78, 5) is 18.1. The molecule has 0 radical (unpaired) electrons. The van der Waals surface area contributed by atoms with Gasteiger partial charge in [-0.3, -0.25) is 9.89 Å². The first kappa shape index (κ1) is 18.8. The van der Waals surface area contributed by atoms with E-state index in [1.165, 1.54) is 6.33 Å². The third-order valence-electron chi connectivity index (χ3n) is 4.71. The summed E-state index contributed by atoms with van der Waals surface area (Å²) in [5.74, 6) is 0.0570. The molecule has 2 aromatic heterocycles. The van der Waals surface area contributed by atoms with Crippen LogP contribution in [0, 0.1) is 0 Å². The molecule has 0 fully saturated rings. The molecule has 27 heavy (non-hydrogen) atoms. The maximum atomic E-state index is 12.4. The molecule has 1 amide bonds. The third-order valence-corrected chi connectivity index (χ3v) is 4.71. The molecular weight excluding hydrogens is 340 g/mol. The molecule has 0 spiro atoms. The monoisotopic (exact) mass is 366 g/mol. The van der Waals surface area contributed by atoms with Gasteiger partial charge < -0.3 is 4.90 Å². The molecule has 1 unspecified atom stereocenters. The Balaban J connectivity index is 1.37. The molecule has 2 heterocycles. The fourth-order valence-electron chi connectivity index (χ4n) is 3.05. The second-order valence-electron chi connectivity index (χ2n) is 6.77. The second kappa shape index (κ2) is 9.12. The number of benzene rings is 1. The first-order chi connectivity index (χ1) is 13.1. The normalized spacial score (nSPS) is 12.1. The lowest BCUT2D eigenvalue weighted by atomic mass is 10.1. The van der Waals surface area contributed by atoms with Crippen LogP contribution in [0.3, 0.4) is 0 Å². The second-order valence-corrected chi connectivity index (χ2v) is 6.77. The predicted molar refractivity (Wildman–Crippen MR) is 104 cm³/mol. The summed E-state index contributed by atoms with van der Waals surface area (Å²) in [5.41, 5.74) is 3.26. The van der Waals surface area contributed by atoms with Crippen LogP contribution < -0.4 is 0 Å². The molecule has 0 saturated carbocycles. The summed E-state index contributed by atoms with van der Waals surface area (Å²) in [7, 11) is 1.84. The van der Waals surface area contributed by atoms with Gasteiger partial charge in [-0.25, -0.2) is 9.67 Å². The van der Waals surface area contributed by atoms with E-state index in [2.05, 4.69) is 38.5 Å². The smallest absolute Gasteiger partial charge is 0.246 e. The summed E-state index contributed by atoms with van der Waals surface area (Å²) in [6, 6.07) is 12.0. The van der Waals surface area contributed by atoms with Gasteiger partial charge in [0.15, 0.2) is 0 Å². The van der Waals surface area contributed by atoms with Gasteiger partial charge in [-0.1, -0.05) is 36.8 Å². The maximum absolute atomic E-state index is 12.4. The van der Waals surface area contributed by atoms with Gasteiger partial charge in [0.05, 0.1) is 5.69 Å². The largest absolute Gasteiger partial charge is 0.344 e. The van der Waals surface area contributed by atoms with Crippen molar-refractivity contribution in [2.75, 3.05) is 13.6 Å². The van der Waals surface area contributed by atoms with Crippen molar-refractivity contribution in [3.63, 3.8) is 0 Å². The number of H-pyrrole nitrogens is 1. The SMILES string of the molecule is CC(C(=O)N(C)CCCCCc1cc(-c2ccccc2)n[nH]1)n1cncn1. The van der Waals surface area contributed by atoms with Crippen molar-refractivity contribution < 1.29 is 4.79 Å². The molecule has 0 saturated heterocycles. The fourth-order valence-corrected chi connectivity index (χ4v) is 3.05. The first-order valence-corrected chi connectivity index (χ1v) is 9.34. The van der Waals surface area contributed by atoms with Crippen LogP contribution >= 0.6 is 0 Å². The lowest BCUT2D eigenvalue weighted by Gasteiger charge is -2.21. The van der Waals surface area contributed by atoms with Crippen LogP contribution in [0.1, 0.15) is 37.9 Å². The Bertz CT molecular complexity index is 827. The van der Waals surface area contributed by atoms with Gasteiger partial charge in [0.25, 0.3) is 0 Å². The van der Waals surface area contributed by atoms with Crippen molar-refractivity contribution >= 4 is 5.91 Å². The number of carbonyl (C=O) groups excluding carboxylic acids is 1. The Morgan fingerprint density at radius 2 is 2.04 bits per heavy atom. The number of aromatic nitrogens is 5. The van der Waals surface area contributed by atoms with Gasteiger partial charge in [-0.2, -0.15) is 10.2 Å². The topological polar surface area (TPSA) is 79.7 Å². The Kier molecular flexibility index (Phi) is 6.35. The zero-order valence-electron chi connectivity index (χ0n) is 15.9. The lowest BCUT2D eigenvalue weighted by molar-refractivity contribution is -0.133. The third kappa shape index (κ3) is 5.03. The van der Waals surface area contributed by atoms with Crippen LogP contribution in [0.5, 0.6) is 0 Å². The minimum atomic E-state index is -0.320. The molecule has 0 aliphatic rings. The minimum absolute atomic E-state index is 0.0570. The van der Waals surface area contributed by atoms with E-state index in [-0.39, 0.29) is 11.9 Å². The van der Waals surface area contributed by atoms with Crippen molar-refractivity contribution in [1.29, 1.82) is 0 Å². The number of aryl methyl sites for hydroxylation is 1. The number of unbranched alkanes of at least 4 members (excludes halogenated alkanes) is 2. The number of nitrogens with one attached hydrogen (secondary N) is 1. The number of likely N-dealkylation sites (N-methyl/N-ethyl adjacent to an activating group) is 1. The van der Waals surface area contributed by atoms with Crippen molar-refractivity contribution in [3.05, 3.63) is 54.7 Å². The zero-order chi connectivity index (χ0) is 19.1. The Labute approximate surface area is 159 Å². The molecule has 7 heteroatoms. The first-order valence-electron chi connectivity index (χ1n) is 9.34. The average Bonchev–Trinajstić information content (AvgIpc) is 3.39. The summed E-state index contributed by atoms with van der Waals surface area (Å²) >= 11 is 0. The van der Waals surface area contributed by atoms with Gasteiger partial charge in [0.1, 0.15) is 18.7 Å². The zero-order valence-corrected chi connectivity index (χ0v) is 15.9. The molecule has 3 rings (SSSR count). The lowest BCUT2D eigenvalue weighted by Crippen LogP contribution is -2.34. The number of nitrogens with zero attached hydrogens (tertiary/aromatic N) is 5. The average molecular weight is 366 g/mol. The van der Waals surface area contributed by atoms with Crippen LogP contribution in [-0.2, 0) is 11.2 Å². The minimum Gasteiger partial charge on any atom is -0.344 e. The molecule has 1 N–H and O–H groups in total. The van der Waals surface area contributed by atoms with Gasteiger partial charge in [0, 0.05) is 24.8 Å². The highest BCUT2D eigenvalue weighted by Crippen LogP contribution is 2.18. The maximum Gasteiger partial charge on any atom is 0.246 e. The van der Waals surface area contributed by atoms with Crippen molar-refractivity contribution in [2.45, 2.75) is 38.6 Å². The van der Waals surface area contributed by atoms with E-state index in [1.807, 2.05) is 32.2 Å². The van der Waals surface area contributed by atoms with Gasteiger partial charge in [-0.05, 0) is 32.3 Å². The molecule has 7 nitrogen and oxygen atoms in total. The molecule has 0 aliphatic carbocycles. The van der Waals surface area contributed by atoms with Crippen LogP contribution in [0.2, 0.25) is 0 Å². The number of carbonyl (C=O) groups is 1. The highest BCUT2D eigenvalue weighted by atomic mass is 16.2. The van der Waals surface area contributed by atoms with E-state index in [1.54, 1.807) is 15.9 Å². The van der Waals surface area contributed by atoms with Crippen molar-refractivity contribution in [3.8, 4) is 11.3 Å². The number of amides is 1. The van der Waals surface area contributed by atoms with E-state index >= 15 is 0 Å². The summed E-state index contributed by atoms with van der Waals surface area (Å²) in [6.07, 6.45) is 7.10. The van der Waals surface area contributed by atoms with Crippen molar-refractivity contribution in [2.24, 2.45) is 0 Å². The number of rotatable bonds is 9. The molecule has 0 bridgehead atoms. The van der Waals surface area contributed by atoms with E-state index in [0.29, 0.717) is 0 Å². The summed E-state index contributed by atoms with van der Waals surface area (Å²) in [6.45, 7) is 2.59. The molecular formula is C20H26N6O. The molecule has 3 aromatic rings. The van der Waals surface area contributed by atoms with E-state index in [9.17, 15) is 4.79 Å². The highest BCUT2D eigenvalue weighted by Gasteiger charge is 2.19. The highest BCUT2D eigenvalue weighted by molar-refractivity contribution is 5.79. The number of hydrogen-bond acceptors (Lipinski definition) is 4. The Morgan fingerprint density at radius 1 is 1.22 bits per heavy atom. The summed E-state index contributed by atoms with van der Waals surface area (Å²) < 4.78 is 1.58. The van der Waals surface area contributed by atoms with Crippen LogP contribution in [0.4, 0.5) is 0 Å². The number of aromatic amines is 1. The number of hydrogen-bond donors (Lipinski definition) is 1. The van der Waals surface area contributed by atoms with Gasteiger partial charge in [0.2, 0.25) is 5.91 Å². The van der Waals surface area contributed by atoms with Crippen molar-refractivity contribution in [1.82, 2.24) is 29.9 Å². The van der Waals surface area contributed by atoms with Gasteiger partial charge >= 0.3 is 0 Å². The van der Waals surface area contributed by atoms with Crippen LogP contribution in [0.25, 0.3) is 11.3 Å². The van der Waals surface area contributed by atoms with Crippen LogP contribution in [0.15, 0.2) is 49.1 Å². The van der Waals surface area contributed by atoms with E-state index in [0.717, 1.165) is 49.2 Å². The van der Waals surface area contributed by atoms with Crippen LogP contribution in [-0.4, -0.2) is 49.4 Å². The fraction of sp³-hybridized carbons (Fsp3) is 0.400. The molecule has 1 atom stereocenters. The van der Waals surface area contributed by atoms with Gasteiger partial charge in [-0.15, -0.1) is 0 Å².